The van der Waals surface area contributed by atoms with Crippen LogP contribution >= 0.6 is 23.2 Å². The lowest BCUT2D eigenvalue weighted by molar-refractivity contribution is 0.197. The zero-order chi connectivity index (χ0) is 14.0. The fourth-order valence-corrected chi connectivity index (χ4v) is 1.55. The summed E-state index contributed by atoms with van der Waals surface area (Å²) in [6.07, 6.45) is 0.147. The number of ether oxygens (including phenoxy) is 1. The van der Waals surface area contributed by atoms with E-state index in [9.17, 15) is 9.59 Å². The summed E-state index contributed by atoms with van der Waals surface area (Å²) in [6, 6.07) is 6.76. The van der Waals surface area contributed by atoms with Crippen LogP contribution < -0.4 is 10.3 Å². The topological polar surface area (TPSA) is 61.2 Å². The maximum Gasteiger partial charge on any atom is 0.443 e. The van der Waals surface area contributed by atoms with E-state index in [2.05, 4.69) is 5.10 Å². The van der Waals surface area contributed by atoms with Crippen molar-refractivity contribution in [3.8, 4) is 5.75 Å². The minimum absolute atomic E-state index is 0.0222. The van der Waals surface area contributed by atoms with Gasteiger partial charge in [-0.25, -0.2) is 4.79 Å². The fourth-order valence-electron chi connectivity index (χ4n) is 1.29. The summed E-state index contributed by atoms with van der Waals surface area (Å²) in [5, 5.41) is 3.26. The van der Waals surface area contributed by atoms with Crippen LogP contribution in [0.4, 0.5) is 4.79 Å². The van der Waals surface area contributed by atoms with Crippen LogP contribution in [0.15, 0.2) is 35.3 Å². The van der Waals surface area contributed by atoms with Crippen molar-refractivity contribution in [2.45, 2.75) is 6.92 Å². The van der Waals surface area contributed by atoms with Crippen LogP contribution in [-0.2, 0) is 0 Å². The predicted octanol–water partition coefficient (Wildman–Crippen LogP) is 2.91. The number of carbonyl (C=O) groups is 1. The summed E-state index contributed by atoms with van der Waals surface area (Å²) >= 11 is 11.2. The number of rotatable bonds is 1. The fraction of sp³-hybridized carbons (Fsp3) is 0.0833. The van der Waals surface area contributed by atoms with Crippen LogP contribution in [-0.4, -0.2) is 15.9 Å². The van der Waals surface area contributed by atoms with E-state index in [0.29, 0.717) is 10.4 Å². The number of aromatic nitrogens is 2. The van der Waals surface area contributed by atoms with Gasteiger partial charge in [0.05, 0.1) is 11.2 Å². The molecule has 0 N–H and O–H groups in total. The number of nitrogens with zero attached hydrogens (tertiary/aromatic N) is 2. The van der Waals surface area contributed by atoms with Gasteiger partial charge in [0.2, 0.25) is 0 Å². The van der Waals surface area contributed by atoms with E-state index in [-0.39, 0.29) is 10.0 Å². The second-order valence-electron chi connectivity index (χ2n) is 3.70. The first-order valence-corrected chi connectivity index (χ1v) is 5.97. The second-order valence-corrected chi connectivity index (χ2v) is 4.49. The Bertz CT molecular complexity index is 680. The highest BCUT2D eigenvalue weighted by molar-refractivity contribution is 6.41. The minimum Gasteiger partial charge on any atom is -0.409 e. The monoisotopic (exact) mass is 298 g/mol. The lowest BCUT2D eigenvalue weighted by Crippen LogP contribution is -2.32. The van der Waals surface area contributed by atoms with Gasteiger partial charge in [0.25, 0.3) is 5.56 Å². The molecule has 0 bridgehead atoms. The average molecular weight is 299 g/mol. The smallest absolute Gasteiger partial charge is 0.409 e. The standard InChI is InChI=1S/C12H8Cl2N2O3/c1-7-2-4-8(5-3-7)19-12(18)16-11(17)10(14)9(13)6-15-16/h2-6H,1H3. The molecule has 2 aromatic rings. The van der Waals surface area contributed by atoms with Gasteiger partial charge in [0, 0.05) is 0 Å². The molecular formula is C12H8Cl2N2O3. The number of halogens is 2. The van der Waals surface area contributed by atoms with Gasteiger partial charge in [0.15, 0.2) is 0 Å². The number of carbonyl (C=O) groups excluding carboxylic acids is 1. The van der Waals surface area contributed by atoms with E-state index >= 15 is 0 Å². The molecule has 0 unspecified atom stereocenters. The van der Waals surface area contributed by atoms with Gasteiger partial charge in [-0.2, -0.15) is 5.10 Å². The van der Waals surface area contributed by atoms with E-state index in [4.69, 9.17) is 27.9 Å². The van der Waals surface area contributed by atoms with Crippen molar-refractivity contribution in [3.63, 3.8) is 0 Å². The number of benzene rings is 1. The molecule has 98 valence electrons. The van der Waals surface area contributed by atoms with Crippen LogP contribution in [0.2, 0.25) is 10.0 Å². The normalized spacial score (nSPS) is 10.3. The Balaban J connectivity index is 2.28. The maximum absolute atomic E-state index is 11.8. The van der Waals surface area contributed by atoms with Gasteiger partial charge in [-0.1, -0.05) is 40.9 Å². The molecule has 0 fully saturated rings. The first-order chi connectivity index (χ1) is 8.99. The van der Waals surface area contributed by atoms with E-state index < -0.39 is 11.7 Å². The van der Waals surface area contributed by atoms with Crippen LogP contribution in [0.5, 0.6) is 5.75 Å². The van der Waals surface area contributed by atoms with Gasteiger partial charge in [0.1, 0.15) is 10.8 Å². The van der Waals surface area contributed by atoms with Crippen LogP contribution in [0.3, 0.4) is 0 Å². The molecule has 1 aromatic heterocycles. The van der Waals surface area contributed by atoms with Crippen LogP contribution in [0, 0.1) is 6.92 Å². The van der Waals surface area contributed by atoms with Crippen LogP contribution in [0.25, 0.3) is 0 Å². The summed E-state index contributed by atoms with van der Waals surface area (Å²) in [5.41, 5.74) is 0.191. The molecule has 1 heterocycles. The van der Waals surface area contributed by atoms with Crippen molar-refractivity contribution < 1.29 is 9.53 Å². The van der Waals surface area contributed by atoms with E-state index in [1.807, 2.05) is 6.92 Å². The Hall–Kier alpha value is -1.85. The van der Waals surface area contributed by atoms with Gasteiger partial charge >= 0.3 is 6.09 Å². The third-order valence-electron chi connectivity index (χ3n) is 2.28. The van der Waals surface area contributed by atoms with E-state index in [1.165, 1.54) is 0 Å². The van der Waals surface area contributed by atoms with Crippen molar-refractivity contribution in [2.24, 2.45) is 0 Å². The molecule has 5 nitrogen and oxygen atoms in total. The first-order valence-electron chi connectivity index (χ1n) is 5.21. The Kier molecular flexibility index (Phi) is 3.87. The molecule has 0 amide bonds. The molecule has 0 aliphatic carbocycles. The summed E-state index contributed by atoms with van der Waals surface area (Å²) in [6.45, 7) is 1.90. The molecule has 0 radical (unpaired) electrons. The molecule has 19 heavy (non-hydrogen) atoms. The van der Waals surface area contributed by atoms with Crippen molar-refractivity contribution in [2.75, 3.05) is 0 Å². The molecule has 2 rings (SSSR count). The second kappa shape index (κ2) is 5.42. The van der Waals surface area contributed by atoms with Crippen molar-refractivity contribution in [3.05, 3.63) is 56.4 Å². The molecule has 0 saturated carbocycles. The highest BCUT2D eigenvalue weighted by Crippen LogP contribution is 2.15. The predicted molar refractivity (Wildman–Crippen MR) is 71.1 cm³/mol. The number of aryl methyl sites for hydroxylation is 1. The Morgan fingerprint density at radius 2 is 1.89 bits per heavy atom. The first kappa shape index (κ1) is 13.6. The lowest BCUT2D eigenvalue weighted by atomic mass is 10.2. The molecule has 0 spiro atoms. The van der Waals surface area contributed by atoms with Crippen LogP contribution in [0.1, 0.15) is 5.56 Å². The summed E-state index contributed by atoms with van der Waals surface area (Å²) in [5.74, 6) is 0.301. The zero-order valence-electron chi connectivity index (χ0n) is 9.76. The van der Waals surface area contributed by atoms with E-state index in [1.54, 1.807) is 24.3 Å². The van der Waals surface area contributed by atoms with Crippen molar-refractivity contribution >= 4 is 29.3 Å². The largest absolute Gasteiger partial charge is 0.443 e. The van der Waals surface area contributed by atoms with Gasteiger partial charge in [-0.15, -0.1) is 4.68 Å². The molecule has 1 aromatic carbocycles. The Morgan fingerprint density at radius 3 is 2.53 bits per heavy atom. The number of hydrogen-bond acceptors (Lipinski definition) is 4. The van der Waals surface area contributed by atoms with Crippen molar-refractivity contribution in [1.82, 2.24) is 9.78 Å². The van der Waals surface area contributed by atoms with E-state index in [0.717, 1.165) is 11.8 Å². The highest BCUT2D eigenvalue weighted by Gasteiger charge is 2.15. The Labute approximate surface area is 118 Å². The molecule has 0 aliphatic heterocycles. The summed E-state index contributed by atoms with van der Waals surface area (Å²) < 4.78 is 5.50. The Morgan fingerprint density at radius 1 is 1.26 bits per heavy atom. The highest BCUT2D eigenvalue weighted by atomic mass is 35.5. The molecule has 0 atom stereocenters. The summed E-state index contributed by atoms with van der Waals surface area (Å²) in [7, 11) is 0. The van der Waals surface area contributed by atoms with Gasteiger partial charge < -0.3 is 4.74 Å². The molecule has 7 heteroatoms. The van der Waals surface area contributed by atoms with Gasteiger partial charge in [-0.3, -0.25) is 4.79 Å². The minimum atomic E-state index is -0.951. The van der Waals surface area contributed by atoms with Gasteiger partial charge in [-0.05, 0) is 19.1 Å². The SMILES string of the molecule is Cc1ccc(OC(=O)n2ncc(Cl)c(Cl)c2=O)cc1. The summed E-state index contributed by atoms with van der Waals surface area (Å²) in [4.78, 5) is 23.4. The lowest BCUT2D eigenvalue weighted by Gasteiger charge is -2.05. The third kappa shape index (κ3) is 2.94. The molecule has 0 saturated heterocycles. The van der Waals surface area contributed by atoms with Crippen molar-refractivity contribution in [1.29, 1.82) is 0 Å². The maximum atomic E-state index is 11.8. The zero-order valence-corrected chi connectivity index (χ0v) is 11.3. The third-order valence-corrected chi connectivity index (χ3v) is 3.02. The average Bonchev–Trinajstić information content (AvgIpc) is 2.39. The molecular weight excluding hydrogens is 291 g/mol. The molecule has 0 aliphatic rings. The quantitative estimate of drug-likeness (QED) is 0.812. The number of hydrogen-bond donors (Lipinski definition) is 0.